The molecule has 0 radical (unpaired) electrons. The molecule has 4 aliphatic carbocycles. The van der Waals surface area contributed by atoms with Gasteiger partial charge in [-0.05, 0) is 107 Å². The third-order valence-corrected chi connectivity index (χ3v) is 11.0. The summed E-state index contributed by atoms with van der Waals surface area (Å²) in [5.41, 5.74) is 2.77. The minimum Gasteiger partial charge on any atom is -0.465 e. The van der Waals surface area contributed by atoms with E-state index in [4.69, 9.17) is 14.2 Å². The van der Waals surface area contributed by atoms with E-state index in [-0.39, 0.29) is 40.8 Å². The molecule has 0 N–H and O–H groups in total. The molecule has 4 aliphatic rings. The maximum Gasteiger partial charge on any atom is 0.311 e. The Bertz CT molecular complexity index is 1070. The molecule has 230 valence electrons. The molecule has 2 saturated carbocycles. The second-order valence-electron chi connectivity index (χ2n) is 15.0. The van der Waals surface area contributed by atoms with Crippen molar-refractivity contribution in [3.8, 4) is 0 Å². The van der Waals surface area contributed by atoms with Gasteiger partial charge in [-0.2, -0.15) is 0 Å². The van der Waals surface area contributed by atoms with Crippen LogP contribution in [0.5, 0.6) is 0 Å². The van der Waals surface area contributed by atoms with Crippen LogP contribution in [0, 0.1) is 45.8 Å². The molecule has 0 amide bonds. The van der Waals surface area contributed by atoms with Crippen LogP contribution < -0.4 is 0 Å². The summed E-state index contributed by atoms with van der Waals surface area (Å²) in [5, 5.41) is 0. The van der Waals surface area contributed by atoms with Gasteiger partial charge in [-0.3, -0.25) is 14.4 Å². The number of unbranched alkanes of at least 4 members (excludes halogenated alkanes) is 1. The number of hydrogen-bond donors (Lipinski definition) is 0. The number of fused-ring (bicyclic) bond motifs is 5. The van der Waals surface area contributed by atoms with Gasteiger partial charge in [0.15, 0.2) is 0 Å². The van der Waals surface area contributed by atoms with Crippen molar-refractivity contribution in [2.75, 3.05) is 13.2 Å². The van der Waals surface area contributed by atoms with Gasteiger partial charge in [-0.15, -0.1) is 0 Å². The number of hydrogen-bond acceptors (Lipinski definition) is 6. The van der Waals surface area contributed by atoms with Gasteiger partial charge in [0.25, 0.3) is 0 Å². The topological polar surface area (TPSA) is 78.9 Å². The molecule has 0 saturated heterocycles. The summed E-state index contributed by atoms with van der Waals surface area (Å²) in [5.74, 6) is 1.92. The molecule has 0 aliphatic heterocycles. The van der Waals surface area contributed by atoms with E-state index in [0.29, 0.717) is 36.9 Å². The molecular formula is C35H54O6. The molecule has 0 heterocycles. The molecule has 8 atom stereocenters. The third-order valence-electron chi connectivity index (χ3n) is 11.0. The Balaban J connectivity index is 1.53. The first-order valence-corrected chi connectivity index (χ1v) is 16.1. The van der Waals surface area contributed by atoms with E-state index in [2.05, 4.69) is 32.9 Å². The molecule has 4 rings (SSSR count). The van der Waals surface area contributed by atoms with E-state index in [1.54, 1.807) is 0 Å². The Hall–Kier alpha value is -2.11. The summed E-state index contributed by atoms with van der Waals surface area (Å²) in [6, 6.07) is 0. The first-order chi connectivity index (χ1) is 19.2. The van der Waals surface area contributed by atoms with Crippen molar-refractivity contribution in [3.63, 3.8) is 0 Å². The van der Waals surface area contributed by atoms with E-state index in [1.165, 1.54) is 31.4 Å². The van der Waals surface area contributed by atoms with Crippen molar-refractivity contribution >= 4 is 17.9 Å². The second kappa shape index (κ2) is 12.2. The SMILES string of the molecule is CC(=O)OC[C@@H](C)C1=C[C@@H](CCCCOC(=O)C(C)(C)C)[C@H]2[C@@H]3CC=C4C[C@@H](OC(C)=O)CC[C@]4(C)[C@H]3CC[C@]12C. The molecule has 6 heteroatoms. The quantitative estimate of drug-likeness (QED) is 0.123. The second-order valence-corrected chi connectivity index (χ2v) is 15.0. The lowest BCUT2D eigenvalue weighted by molar-refractivity contribution is -0.153. The number of carbonyl (C=O) groups excluding carboxylic acids is 3. The molecule has 0 bridgehead atoms. The van der Waals surface area contributed by atoms with E-state index in [1.807, 2.05) is 20.8 Å². The molecule has 0 spiro atoms. The minimum absolute atomic E-state index is 0.0132. The Labute approximate surface area is 248 Å². The average Bonchev–Trinajstić information content (AvgIpc) is 3.18. The third kappa shape index (κ3) is 6.62. The van der Waals surface area contributed by atoms with Gasteiger partial charge in [0, 0.05) is 26.2 Å². The van der Waals surface area contributed by atoms with Crippen molar-refractivity contribution in [2.24, 2.45) is 45.8 Å². The summed E-state index contributed by atoms with van der Waals surface area (Å²) in [7, 11) is 0. The number of ether oxygens (including phenoxy) is 3. The van der Waals surface area contributed by atoms with E-state index >= 15 is 0 Å². The van der Waals surface area contributed by atoms with Gasteiger partial charge in [-0.25, -0.2) is 0 Å². The lowest BCUT2D eigenvalue weighted by atomic mass is 9.46. The maximum absolute atomic E-state index is 12.2. The fourth-order valence-corrected chi connectivity index (χ4v) is 9.05. The Morgan fingerprint density at radius 2 is 1.71 bits per heavy atom. The average molecular weight is 571 g/mol. The largest absolute Gasteiger partial charge is 0.465 e. The van der Waals surface area contributed by atoms with Gasteiger partial charge >= 0.3 is 17.9 Å². The zero-order valence-electron chi connectivity index (χ0n) is 26.8. The molecule has 0 aromatic rings. The normalized spacial score (nSPS) is 35.2. The van der Waals surface area contributed by atoms with Crippen LogP contribution in [0.1, 0.15) is 113 Å². The first kappa shape index (κ1) is 31.8. The van der Waals surface area contributed by atoms with Crippen molar-refractivity contribution in [2.45, 2.75) is 119 Å². The van der Waals surface area contributed by atoms with E-state index in [0.717, 1.165) is 51.4 Å². The summed E-state index contributed by atoms with van der Waals surface area (Å²) in [6.45, 7) is 16.8. The Kier molecular flexibility index (Phi) is 9.50. The number of esters is 3. The fourth-order valence-electron chi connectivity index (χ4n) is 9.05. The molecule has 0 aromatic heterocycles. The summed E-state index contributed by atoms with van der Waals surface area (Å²) < 4.78 is 16.7. The molecule has 2 fully saturated rings. The highest BCUT2D eigenvalue weighted by Gasteiger charge is 2.59. The molecule has 6 nitrogen and oxygen atoms in total. The first-order valence-electron chi connectivity index (χ1n) is 16.1. The van der Waals surface area contributed by atoms with Crippen molar-refractivity contribution < 1.29 is 28.6 Å². The monoisotopic (exact) mass is 570 g/mol. The highest BCUT2D eigenvalue weighted by atomic mass is 16.5. The Morgan fingerprint density at radius 3 is 2.37 bits per heavy atom. The van der Waals surface area contributed by atoms with Crippen molar-refractivity contribution in [3.05, 3.63) is 23.3 Å². The van der Waals surface area contributed by atoms with Crippen LogP contribution in [0.4, 0.5) is 0 Å². The van der Waals surface area contributed by atoms with Crippen LogP contribution in [0.25, 0.3) is 0 Å². The van der Waals surface area contributed by atoms with Crippen LogP contribution in [0.15, 0.2) is 23.3 Å². The molecule has 0 unspecified atom stereocenters. The smallest absolute Gasteiger partial charge is 0.311 e. The summed E-state index contributed by atoms with van der Waals surface area (Å²) in [6.07, 6.45) is 14.4. The Morgan fingerprint density at radius 1 is 1.00 bits per heavy atom. The van der Waals surface area contributed by atoms with Crippen LogP contribution in [0.3, 0.4) is 0 Å². The number of carbonyl (C=O) groups is 3. The maximum atomic E-state index is 12.2. The van der Waals surface area contributed by atoms with Gasteiger partial charge in [0.1, 0.15) is 6.10 Å². The fraction of sp³-hybridized carbons (Fsp3) is 0.800. The predicted molar refractivity (Wildman–Crippen MR) is 160 cm³/mol. The zero-order valence-corrected chi connectivity index (χ0v) is 26.8. The van der Waals surface area contributed by atoms with Gasteiger partial charge in [0.05, 0.1) is 18.6 Å². The number of rotatable bonds is 9. The number of allylic oxidation sites excluding steroid dienone is 2. The van der Waals surface area contributed by atoms with E-state index in [9.17, 15) is 14.4 Å². The molecule has 0 aromatic carbocycles. The lowest BCUT2D eigenvalue weighted by Gasteiger charge is -2.59. The zero-order chi connectivity index (χ0) is 30.2. The standard InChI is InChI=1S/C35H54O6/c1-22(21-40-23(2)36)30-19-25(11-9-10-18-39-32(38)33(4,5)6)31-28-13-12-26-20-27(41-24(3)37)14-16-34(26,7)29(28)15-17-35(30,31)8/h12,19,22,25,27-29,31H,9-11,13-18,20-21H2,1-8H3/t22-,25-,27+,28-,29+,31+,34+,35-/m1/s1. The van der Waals surface area contributed by atoms with Crippen molar-refractivity contribution in [1.29, 1.82) is 0 Å². The van der Waals surface area contributed by atoms with Crippen LogP contribution >= 0.6 is 0 Å². The molecular weight excluding hydrogens is 516 g/mol. The van der Waals surface area contributed by atoms with Gasteiger partial charge in [0.2, 0.25) is 0 Å². The van der Waals surface area contributed by atoms with Crippen LogP contribution in [-0.2, 0) is 28.6 Å². The summed E-state index contributed by atoms with van der Waals surface area (Å²) >= 11 is 0. The molecule has 41 heavy (non-hydrogen) atoms. The lowest BCUT2D eigenvalue weighted by Crippen LogP contribution is -2.51. The van der Waals surface area contributed by atoms with Gasteiger partial charge < -0.3 is 14.2 Å². The highest BCUT2D eigenvalue weighted by Crippen LogP contribution is 2.67. The predicted octanol–water partition coefficient (Wildman–Crippen LogP) is 7.60. The van der Waals surface area contributed by atoms with Crippen molar-refractivity contribution in [1.82, 2.24) is 0 Å². The van der Waals surface area contributed by atoms with E-state index < -0.39 is 5.41 Å². The van der Waals surface area contributed by atoms with Gasteiger partial charge in [-0.1, -0.05) is 44.1 Å². The van der Waals surface area contributed by atoms with Crippen LogP contribution in [0.2, 0.25) is 0 Å². The summed E-state index contributed by atoms with van der Waals surface area (Å²) in [4.78, 5) is 35.5. The minimum atomic E-state index is -0.471. The highest BCUT2D eigenvalue weighted by molar-refractivity contribution is 5.75. The van der Waals surface area contributed by atoms with Crippen LogP contribution in [-0.4, -0.2) is 37.2 Å².